The molecule has 1 aliphatic heterocycles. The Bertz CT molecular complexity index is 685. The van der Waals surface area contributed by atoms with Crippen molar-refractivity contribution in [1.82, 2.24) is 9.88 Å². The van der Waals surface area contributed by atoms with E-state index in [4.69, 9.17) is 23.2 Å². The summed E-state index contributed by atoms with van der Waals surface area (Å²) in [5.41, 5.74) is 1.59. The van der Waals surface area contributed by atoms with E-state index in [1.807, 2.05) is 29.2 Å². The fraction of sp³-hybridized carbons (Fsp3) is 0.250. The van der Waals surface area contributed by atoms with Crippen LogP contribution in [-0.4, -0.2) is 42.0 Å². The van der Waals surface area contributed by atoms with Crippen LogP contribution in [0, 0.1) is 0 Å². The minimum absolute atomic E-state index is 0.0110. The van der Waals surface area contributed by atoms with E-state index >= 15 is 0 Å². The second-order valence-electron chi connectivity index (χ2n) is 5.10. The van der Waals surface area contributed by atoms with Crippen molar-refractivity contribution in [3.05, 3.63) is 58.3 Å². The summed E-state index contributed by atoms with van der Waals surface area (Å²) in [6.45, 7) is 2.83. The summed E-state index contributed by atoms with van der Waals surface area (Å²) in [6.07, 6.45) is 1.55. The van der Waals surface area contributed by atoms with Crippen molar-refractivity contribution in [3.63, 3.8) is 0 Å². The lowest BCUT2D eigenvalue weighted by molar-refractivity contribution is 0.0746. The lowest BCUT2D eigenvalue weighted by atomic mass is 10.2. The van der Waals surface area contributed by atoms with Gasteiger partial charge in [-0.3, -0.25) is 4.79 Å². The van der Waals surface area contributed by atoms with Gasteiger partial charge in [0.1, 0.15) is 5.15 Å². The topological polar surface area (TPSA) is 36.4 Å². The minimum atomic E-state index is -0.0110. The van der Waals surface area contributed by atoms with E-state index in [9.17, 15) is 4.79 Å². The summed E-state index contributed by atoms with van der Waals surface area (Å²) in [7, 11) is 0. The number of carbonyl (C=O) groups is 1. The lowest BCUT2D eigenvalue weighted by Gasteiger charge is -2.36. The Morgan fingerprint density at radius 2 is 1.77 bits per heavy atom. The molecular weight excluding hydrogens is 321 g/mol. The molecule has 0 aliphatic carbocycles. The van der Waals surface area contributed by atoms with Crippen LogP contribution < -0.4 is 4.90 Å². The van der Waals surface area contributed by atoms with Crippen molar-refractivity contribution < 1.29 is 4.79 Å². The number of piperazine rings is 1. The maximum Gasteiger partial charge on any atom is 0.254 e. The molecule has 1 aromatic carbocycles. The van der Waals surface area contributed by atoms with Crippen molar-refractivity contribution in [2.75, 3.05) is 31.1 Å². The average Bonchev–Trinajstić information content (AvgIpc) is 2.55. The number of carbonyl (C=O) groups excluding carboxylic acids is 1. The van der Waals surface area contributed by atoms with E-state index in [1.54, 1.807) is 18.3 Å². The van der Waals surface area contributed by atoms with Gasteiger partial charge in [0.05, 0.1) is 10.7 Å². The molecule has 114 valence electrons. The number of pyridine rings is 1. The van der Waals surface area contributed by atoms with Crippen LogP contribution in [0.25, 0.3) is 0 Å². The van der Waals surface area contributed by atoms with Crippen molar-refractivity contribution in [3.8, 4) is 0 Å². The van der Waals surface area contributed by atoms with Gasteiger partial charge < -0.3 is 9.80 Å². The molecule has 1 aromatic heterocycles. The molecule has 22 heavy (non-hydrogen) atoms. The van der Waals surface area contributed by atoms with Crippen LogP contribution in [0.3, 0.4) is 0 Å². The third kappa shape index (κ3) is 3.18. The SMILES string of the molecule is O=C(c1ccnc(Cl)c1)N1CCN(c2ccccc2Cl)CC1. The minimum Gasteiger partial charge on any atom is -0.367 e. The summed E-state index contributed by atoms with van der Waals surface area (Å²) < 4.78 is 0. The first-order valence-corrected chi connectivity index (χ1v) is 7.81. The van der Waals surface area contributed by atoms with Gasteiger partial charge in [-0.2, -0.15) is 0 Å². The van der Waals surface area contributed by atoms with E-state index in [-0.39, 0.29) is 5.91 Å². The number of rotatable bonds is 2. The molecule has 1 aliphatic rings. The smallest absolute Gasteiger partial charge is 0.254 e. The molecule has 0 saturated carbocycles. The van der Waals surface area contributed by atoms with E-state index in [1.165, 1.54) is 0 Å². The number of para-hydroxylation sites is 1. The standard InChI is InChI=1S/C16H15Cl2N3O/c17-13-3-1-2-4-14(13)20-7-9-21(10-8-20)16(22)12-5-6-19-15(18)11-12/h1-6,11H,7-10H2. The van der Waals surface area contributed by atoms with Gasteiger partial charge in [-0.05, 0) is 24.3 Å². The fourth-order valence-electron chi connectivity index (χ4n) is 2.58. The van der Waals surface area contributed by atoms with Crippen LogP contribution in [0.2, 0.25) is 10.2 Å². The van der Waals surface area contributed by atoms with Gasteiger partial charge in [-0.1, -0.05) is 35.3 Å². The molecular formula is C16H15Cl2N3O. The molecule has 1 fully saturated rings. The number of aromatic nitrogens is 1. The Hall–Kier alpha value is -1.78. The number of nitrogens with zero attached hydrogens (tertiary/aromatic N) is 3. The number of halogens is 2. The van der Waals surface area contributed by atoms with Gasteiger partial charge in [0, 0.05) is 37.9 Å². The molecule has 0 N–H and O–H groups in total. The van der Waals surface area contributed by atoms with Crippen LogP contribution in [-0.2, 0) is 0 Å². The molecule has 0 bridgehead atoms. The first kappa shape index (κ1) is 15.1. The van der Waals surface area contributed by atoms with Gasteiger partial charge in [0.2, 0.25) is 0 Å². The first-order valence-electron chi connectivity index (χ1n) is 7.05. The highest BCUT2D eigenvalue weighted by Gasteiger charge is 2.23. The summed E-state index contributed by atoms with van der Waals surface area (Å²) in [6, 6.07) is 11.1. The Balaban J connectivity index is 1.67. The van der Waals surface area contributed by atoms with E-state index in [0.29, 0.717) is 23.8 Å². The van der Waals surface area contributed by atoms with Gasteiger partial charge in [0.25, 0.3) is 5.91 Å². The van der Waals surface area contributed by atoms with Crippen LogP contribution in [0.1, 0.15) is 10.4 Å². The highest BCUT2D eigenvalue weighted by molar-refractivity contribution is 6.33. The highest BCUT2D eigenvalue weighted by atomic mass is 35.5. The van der Waals surface area contributed by atoms with Gasteiger partial charge in [0.15, 0.2) is 0 Å². The molecule has 0 radical (unpaired) electrons. The van der Waals surface area contributed by atoms with Crippen molar-refractivity contribution in [1.29, 1.82) is 0 Å². The monoisotopic (exact) mass is 335 g/mol. The Labute approximate surface area is 139 Å². The molecule has 0 unspecified atom stereocenters. The summed E-state index contributed by atoms with van der Waals surface area (Å²) in [4.78, 5) is 20.4. The van der Waals surface area contributed by atoms with Crippen molar-refractivity contribution in [2.24, 2.45) is 0 Å². The maximum absolute atomic E-state index is 12.5. The summed E-state index contributed by atoms with van der Waals surface area (Å²) in [5.74, 6) is -0.0110. The molecule has 2 heterocycles. The molecule has 0 atom stereocenters. The number of hydrogen-bond donors (Lipinski definition) is 0. The third-order valence-electron chi connectivity index (χ3n) is 3.73. The Kier molecular flexibility index (Phi) is 4.50. The zero-order chi connectivity index (χ0) is 15.5. The molecule has 6 heteroatoms. The quantitative estimate of drug-likeness (QED) is 0.789. The zero-order valence-corrected chi connectivity index (χ0v) is 13.4. The average molecular weight is 336 g/mol. The second-order valence-corrected chi connectivity index (χ2v) is 5.89. The van der Waals surface area contributed by atoms with Gasteiger partial charge in [-0.25, -0.2) is 4.98 Å². The molecule has 4 nitrogen and oxygen atoms in total. The first-order chi connectivity index (χ1) is 10.6. The van der Waals surface area contributed by atoms with Crippen molar-refractivity contribution in [2.45, 2.75) is 0 Å². The van der Waals surface area contributed by atoms with Gasteiger partial charge in [-0.15, -0.1) is 0 Å². The van der Waals surface area contributed by atoms with Gasteiger partial charge >= 0.3 is 0 Å². The predicted molar refractivity (Wildman–Crippen MR) is 88.8 cm³/mol. The van der Waals surface area contributed by atoms with Crippen LogP contribution in [0.4, 0.5) is 5.69 Å². The summed E-state index contributed by atoms with van der Waals surface area (Å²) >= 11 is 12.1. The zero-order valence-electron chi connectivity index (χ0n) is 11.9. The Morgan fingerprint density at radius 3 is 2.45 bits per heavy atom. The molecule has 0 spiro atoms. The number of amides is 1. The van der Waals surface area contributed by atoms with Crippen LogP contribution in [0.15, 0.2) is 42.6 Å². The number of benzene rings is 1. The molecule has 1 saturated heterocycles. The lowest BCUT2D eigenvalue weighted by Crippen LogP contribution is -2.48. The fourth-order valence-corrected chi connectivity index (χ4v) is 3.01. The van der Waals surface area contributed by atoms with Crippen LogP contribution in [0.5, 0.6) is 0 Å². The number of hydrogen-bond acceptors (Lipinski definition) is 3. The predicted octanol–water partition coefficient (Wildman–Crippen LogP) is 3.35. The van der Waals surface area contributed by atoms with E-state index < -0.39 is 0 Å². The number of anilines is 1. The highest BCUT2D eigenvalue weighted by Crippen LogP contribution is 2.26. The Morgan fingerprint density at radius 1 is 1.05 bits per heavy atom. The van der Waals surface area contributed by atoms with Crippen molar-refractivity contribution >= 4 is 34.8 Å². The van der Waals surface area contributed by atoms with Crippen LogP contribution >= 0.6 is 23.2 Å². The maximum atomic E-state index is 12.5. The normalized spacial score (nSPS) is 15.0. The second kappa shape index (κ2) is 6.55. The molecule has 2 aromatic rings. The van der Waals surface area contributed by atoms with E-state index in [0.717, 1.165) is 23.8 Å². The largest absolute Gasteiger partial charge is 0.367 e. The third-order valence-corrected chi connectivity index (χ3v) is 4.26. The molecule has 1 amide bonds. The summed E-state index contributed by atoms with van der Waals surface area (Å²) in [5, 5.41) is 1.07. The molecule has 3 rings (SSSR count). The van der Waals surface area contributed by atoms with E-state index in [2.05, 4.69) is 9.88 Å².